The molecule has 1 amide bonds. The Bertz CT molecular complexity index is 1340. The third-order valence-corrected chi connectivity index (χ3v) is 9.26. The number of benzene rings is 1. The van der Waals surface area contributed by atoms with Gasteiger partial charge in [-0.1, -0.05) is 37.8 Å². The highest BCUT2D eigenvalue weighted by atomic mass is 16.5. The van der Waals surface area contributed by atoms with E-state index in [-0.39, 0.29) is 18.4 Å². The molecule has 4 heterocycles. The summed E-state index contributed by atoms with van der Waals surface area (Å²) in [7, 11) is 2.13. The average molecular weight is 543 g/mol. The monoisotopic (exact) mass is 542 g/mol. The number of carbonyl (C=O) groups is 1. The van der Waals surface area contributed by atoms with Gasteiger partial charge < -0.3 is 24.2 Å². The van der Waals surface area contributed by atoms with E-state index < -0.39 is 5.60 Å². The van der Waals surface area contributed by atoms with Crippen molar-refractivity contribution in [2.45, 2.75) is 69.1 Å². The predicted octanol–water partition coefficient (Wildman–Crippen LogP) is 3.79. The van der Waals surface area contributed by atoms with Gasteiger partial charge in [0.15, 0.2) is 0 Å². The maximum Gasteiger partial charge on any atom is 0.321 e. The summed E-state index contributed by atoms with van der Waals surface area (Å²) in [5, 5.41) is 9.50. The van der Waals surface area contributed by atoms with Crippen molar-refractivity contribution in [1.82, 2.24) is 19.8 Å². The van der Waals surface area contributed by atoms with Crippen LogP contribution in [0.25, 0.3) is 0 Å². The first-order valence-corrected chi connectivity index (χ1v) is 14.5. The summed E-state index contributed by atoms with van der Waals surface area (Å²) < 4.78 is 13.1. The smallest absolute Gasteiger partial charge is 0.321 e. The number of anilines is 1. The number of amides is 1. The molecule has 6 rings (SSSR count). The lowest BCUT2D eigenvalue weighted by Crippen LogP contribution is -2.55. The number of likely N-dealkylation sites (N-methyl/N-ethyl adjacent to an activating group) is 1. The van der Waals surface area contributed by atoms with Gasteiger partial charge in [0.25, 0.3) is 0 Å². The van der Waals surface area contributed by atoms with Crippen LogP contribution in [0.1, 0.15) is 61.6 Å². The molecular formula is C31H38N6O3. The van der Waals surface area contributed by atoms with Gasteiger partial charge >= 0.3 is 6.01 Å². The van der Waals surface area contributed by atoms with Gasteiger partial charge in [-0.25, -0.2) is 0 Å². The molecule has 1 spiro atoms. The average Bonchev–Trinajstić information content (AvgIpc) is 3.50. The van der Waals surface area contributed by atoms with Crippen LogP contribution < -0.4 is 14.4 Å². The molecule has 3 aliphatic heterocycles. The molecule has 2 aromatic rings. The van der Waals surface area contributed by atoms with Crippen molar-refractivity contribution in [3.8, 4) is 18.0 Å². The number of rotatable bonds is 6. The van der Waals surface area contributed by atoms with Crippen LogP contribution in [0.5, 0.6) is 11.9 Å². The van der Waals surface area contributed by atoms with Crippen molar-refractivity contribution in [3.63, 3.8) is 0 Å². The van der Waals surface area contributed by atoms with E-state index in [1.54, 1.807) is 4.90 Å². The Morgan fingerprint density at radius 2 is 2.12 bits per heavy atom. The normalized spacial score (nSPS) is 27.6. The number of piperazine rings is 1. The standard InChI is InChI=1S/C31H38N6O3/c1-4-27(38)37-17-16-36(19-22(37)12-14-32)28-25-11-13-31(18-21(2)24-9-5-6-10-26(24)31)40-29(25)34-30(33-28)39-20-23-8-7-15-35(23)3/h4-6,9-10,21-23H,1,7-8,11-13,15-20H2,2-3H3/t21-,22+,23+,31-/m1/s1. The minimum atomic E-state index is -0.407. The van der Waals surface area contributed by atoms with E-state index in [1.165, 1.54) is 17.2 Å². The molecule has 0 unspecified atom stereocenters. The summed E-state index contributed by atoms with van der Waals surface area (Å²) >= 11 is 0. The summed E-state index contributed by atoms with van der Waals surface area (Å²) in [5.74, 6) is 1.66. The van der Waals surface area contributed by atoms with Crippen molar-refractivity contribution in [2.75, 3.05) is 44.7 Å². The molecule has 40 heavy (non-hydrogen) atoms. The fourth-order valence-electron chi connectivity index (χ4n) is 7.11. The molecule has 0 radical (unpaired) electrons. The second-order valence-corrected chi connectivity index (χ2v) is 11.7. The first-order valence-electron chi connectivity index (χ1n) is 14.5. The highest BCUT2D eigenvalue weighted by Gasteiger charge is 2.48. The number of aromatic nitrogens is 2. The van der Waals surface area contributed by atoms with Gasteiger partial charge in [-0.05, 0) is 68.8 Å². The molecule has 4 atom stereocenters. The van der Waals surface area contributed by atoms with Crippen LogP contribution in [0.3, 0.4) is 0 Å². The molecule has 1 aromatic heterocycles. The van der Waals surface area contributed by atoms with Gasteiger partial charge in [-0.2, -0.15) is 15.2 Å². The molecule has 1 aromatic carbocycles. The second-order valence-electron chi connectivity index (χ2n) is 11.7. The quantitative estimate of drug-likeness (QED) is 0.509. The van der Waals surface area contributed by atoms with Crippen LogP contribution in [0.4, 0.5) is 5.82 Å². The van der Waals surface area contributed by atoms with Gasteiger partial charge in [0.05, 0.1) is 24.1 Å². The molecule has 210 valence electrons. The Hall–Kier alpha value is -3.64. The lowest BCUT2D eigenvalue weighted by atomic mass is 9.86. The molecule has 9 nitrogen and oxygen atoms in total. The molecule has 9 heteroatoms. The topological polar surface area (TPSA) is 94.8 Å². The van der Waals surface area contributed by atoms with Crippen LogP contribution in [-0.2, 0) is 16.8 Å². The summed E-state index contributed by atoms with van der Waals surface area (Å²) in [4.78, 5) is 28.5. The number of fused-ring (bicyclic) bond motifs is 3. The second kappa shape index (κ2) is 10.7. The van der Waals surface area contributed by atoms with Crippen LogP contribution in [-0.4, -0.2) is 77.6 Å². The molecule has 4 aliphatic rings. The molecule has 2 fully saturated rings. The van der Waals surface area contributed by atoms with Crippen LogP contribution in [0, 0.1) is 11.3 Å². The number of carbonyl (C=O) groups excluding carboxylic acids is 1. The van der Waals surface area contributed by atoms with Gasteiger partial charge in [0, 0.05) is 25.7 Å². The van der Waals surface area contributed by atoms with E-state index in [9.17, 15) is 10.1 Å². The molecule has 0 saturated carbocycles. The van der Waals surface area contributed by atoms with Gasteiger partial charge in [-0.15, -0.1) is 0 Å². The molecule has 1 aliphatic carbocycles. The number of likely N-dealkylation sites (tertiary alicyclic amines) is 1. The van der Waals surface area contributed by atoms with Gasteiger partial charge in [-0.3, -0.25) is 4.79 Å². The zero-order valence-corrected chi connectivity index (χ0v) is 23.5. The highest BCUT2D eigenvalue weighted by Crippen LogP contribution is 2.52. The predicted molar refractivity (Wildman–Crippen MR) is 151 cm³/mol. The third-order valence-electron chi connectivity index (χ3n) is 9.26. The number of hydrogen-bond acceptors (Lipinski definition) is 8. The molecular weight excluding hydrogens is 504 g/mol. The Balaban J connectivity index is 1.34. The zero-order chi connectivity index (χ0) is 27.9. The summed E-state index contributed by atoms with van der Waals surface area (Å²) in [6.07, 6.45) is 6.38. The minimum absolute atomic E-state index is 0.145. The Labute approximate surface area is 236 Å². The van der Waals surface area contributed by atoms with Gasteiger partial charge in [0.2, 0.25) is 11.8 Å². The largest absolute Gasteiger partial charge is 0.466 e. The van der Waals surface area contributed by atoms with E-state index in [2.05, 4.69) is 60.7 Å². The SMILES string of the molecule is C=CC(=O)N1CCN(c2nc(OC[C@@H]3CCCN3C)nc3c2CC[C@]2(C[C@@H](C)c4ccccc42)O3)C[C@@H]1CC#N. The Kier molecular flexibility index (Phi) is 7.13. The number of ether oxygens (including phenoxy) is 2. The lowest BCUT2D eigenvalue weighted by Gasteiger charge is -2.42. The number of hydrogen-bond donors (Lipinski definition) is 0. The van der Waals surface area contributed by atoms with Crippen molar-refractivity contribution in [1.29, 1.82) is 5.26 Å². The van der Waals surface area contributed by atoms with Gasteiger partial charge in [0.1, 0.15) is 18.0 Å². The maximum absolute atomic E-state index is 12.5. The number of nitrogens with zero attached hydrogens (tertiary/aromatic N) is 6. The molecule has 2 saturated heterocycles. The minimum Gasteiger partial charge on any atom is -0.466 e. The van der Waals surface area contributed by atoms with E-state index in [0.29, 0.717) is 50.1 Å². The summed E-state index contributed by atoms with van der Waals surface area (Å²) in [5.41, 5.74) is 3.18. The van der Waals surface area contributed by atoms with E-state index in [1.807, 2.05) is 0 Å². The van der Waals surface area contributed by atoms with Crippen LogP contribution >= 0.6 is 0 Å². The van der Waals surface area contributed by atoms with E-state index in [0.717, 1.165) is 50.0 Å². The van der Waals surface area contributed by atoms with Crippen molar-refractivity contribution >= 4 is 11.7 Å². The van der Waals surface area contributed by atoms with E-state index >= 15 is 0 Å². The molecule has 0 bridgehead atoms. The van der Waals surface area contributed by atoms with E-state index in [4.69, 9.17) is 19.4 Å². The fourth-order valence-corrected chi connectivity index (χ4v) is 7.11. The maximum atomic E-state index is 12.5. The highest BCUT2D eigenvalue weighted by molar-refractivity contribution is 5.87. The lowest BCUT2D eigenvalue weighted by molar-refractivity contribution is -0.128. The third kappa shape index (κ3) is 4.68. The van der Waals surface area contributed by atoms with Crippen molar-refractivity contribution in [2.24, 2.45) is 0 Å². The van der Waals surface area contributed by atoms with Crippen LogP contribution in [0.15, 0.2) is 36.9 Å². The number of nitriles is 1. The zero-order valence-electron chi connectivity index (χ0n) is 23.5. The summed E-state index contributed by atoms with van der Waals surface area (Å²) in [6.45, 7) is 9.11. The Morgan fingerprint density at radius 1 is 1.27 bits per heavy atom. The summed E-state index contributed by atoms with van der Waals surface area (Å²) in [6, 6.07) is 11.3. The van der Waals surface area contributed by atoms with Crippen LogP contribution in [0.2, 0.25) is 0 Å². The molecule has 0 N–H and O–H groups in total. The van der Waals surface area contributed by atoms with Crippen molar-refractivity contribution < 1.29 is 14.3 Å². The first-order chi connectivity index (χ1) is 19.4. The Morgan fingerprint density at radius 3 is 2.90 bits per heavy atom. The first kappa shape index (κ1) is 26.6. The fraction of sp³-hybridized carbons (Fsp3) is 0.548. The van der Waals surface area contributed by atoms with Crippen molar-refractivity contribution in [3.05, 3.63) is 53.6 Å².